The number of benzene rings is 1. The molecule has 1 heterocycles. The molecule has 148 valence electrons. The Morgan fingerprint density at radius 2 is 2.11 bits per heavy atom. The lowest BCUT2D eigenvalue weighted by molar-refractivity contribution is 0.409. The fraction of sp³-hybridized carbons (Fsp3) is 0.524. The molecule has 2 N–H and O–H groups in total. The molecule has 6 nitrogen and oxygen atoms in total. The van der Waals surface area contributed by atoms with Crippen LogP contribution in [0.5, 0.6) is 5.75 Å². The number of nitrogens with one attached hydrogen (secondary N) is 2. The van der Waals surface area contributed by atoms with Gasteiger partial charge in [-0.1, -0.05) is 31.5 Å². The molecule has 0 aliphatic carbocycles. The van der Waals surface area contributed by atoms with Crippen LogP contribution in [-0.4, -0.2) is 35.7 Å². The average Bonchev–Trinajstić information content (AvgIpc) is 3.06. The Kier molecular flexibility index (Phi) is 8.17. The van der Waals surface area contributed by atoms with Gasteiger partial charge in [-0.25, -0.2) is 9.98 Å². The zero-order valence-corrected chi connectivity index (χ0v) is 17.2. The van der Waals surface area contributed by atoms with Gasteiger partial charge in [0.05, 0.1) is 7.11 Å². The zero-order chi connectivity index (χ0) is 19.6. The Labute approximate surface area is 163 Å². The first-order chi connectivity index (χ1) is 13.0. The normalized spacial score (nSPS) is 11.7. The average molecular weight is 372 g/mol. The van der Waals surface area contributed by atoms with Crippen molar-refractivity contribution in [3.05, 3.63) is 47.5 Å². The van der Waals surface area contributed by atoms with Crippen LogP contribution in [0, 0.1) is 12.8 Å². The molecular formula is C21H33N5O. The van der Waals surface area contributed by atoms with Gasteiger partial charge in [-0.15, -0.1) is 0 Å². The minimum absolute atomic E-state index is 0.558. The topological polar surface area (TPSA) is 63.5 Å². The van der Waals surface area contributed by atoms with E-state index >= 15 is 0 Å². The molecule has 0 saturated carbocycles. The highest BCUT2D eigenvalue weighted by Crippen LogP contribution is 2.19. The van der Waals surface area contributed by atoms with Gasteiger partial charge in [0.15, 0.2) is 5.96 Å². The first-order valence-electron chi connectivity index (χ1n) is 9.69. The summed E-state index contributed by atoms with van der Waals surface area (Å²) < 4.78 is 7.64. The molecule has 0 saturated heterocycles. The van der Waals surface area contributed by atoms with Gasteiger partial charge >= 0.3 is 0 Å². The van der Waals surface area contributed by atoms with Crippen molar-refractivity contribution in [1.82, 2.24) is 20.2 Å². The highest BCUT2D eigenvalue weighted by atomic mass is 16.5. The first-order valence-corrected chi connectivity index (χ1v) is 9.69. The van der Waals surface area contributed by atoms with Gasteiger partial charge in [0.25, 0.3) is 0 Å². The summed E-state index contributed by atoms with van der Waals surface area (Å²) in [6, 6.07) is 6.27. The largest absolute Gasteiger partial charge is 0.496 e. The molecule has 2 aromatic rings. The van der Waals surface area contributed by atoms with Crippen molar-refractivity contribution in [1.29, 1.82) is 0 Å². The molecule has 0 radical (unpaired) electrons. The molecule has 0 spiro atoms. The number of rotatable bonds is 9. The Morgan fingerprint density at radius 1 is 1.30 bits per heavy atom. The number of aliphatic imine (C=N–C) groups is 1. The van der Waals surface area contributed by atoms with E-state index in [4.69, 9.17) is 9.73 Å². The van der Waals surface area contributed by atoms with Gasteiger partial charge in [-0.3, -0.25) is 0 Å². The summed E-state index contributed by atoms with van der Waals surface area (Å²) in [6.07, 6.45) is 4.74. The molecule has 2 rings (SSSR count). The predicted molar refractivity (Wildman–Crippen MR) is 111 cm³/mol. The third-order valence-corrected chi connectivity index (χ3v) is 4.21. The van der Waals surface area contributed by atoms with Crippen molar-refractivity contribution >= 4 is 5.96 Å². The molecule has 0 aliphatic heterocycles. The maximum absolute atomic E-state index is 5.46. The summed E-state index contributed by atoms with van der Waals surface area (Å²) in [7, 11) is 1.71. The molecule has 0 bridgehead atoms. The van der Waals surface area contributed by atoms with E-state index in [1.807, 2.05) is 18.5 Å². The van der Waals surface area contributed by atoms with E-state index in [1.54, 1.807) is 7.11 Å². The maximum Gasteiger partial charge on any atom is 0.191 e. The number of aryl methyl sites for hydroxylation is 1. The summed E-state index contributed by atoms with van der Waals surface area (Å²) in [5, 5.41) is 6.71. The molecular weight excluding hydrogens is 338 g/mol. The number of methoxy groups -OCH3 is 1. The van der Waals surface area contributed by atoms with Gasteiger partial charge in [0.1, 0.15) is 18.1 Å². The van der Waals surface area contributed by atoms with Crippen molar-refractivity contribution in [3.63, 3.8) is 0 Å². The third kappa shape index (κ3) is 6.62. The van der Waals surface area contributed by atoms with E-state index < -0.39 is 0 Å². The molecule has 0 amide bonds. The van der Waals surface area contributed by atoms with Crippen molar-refractivity contribution in [3.8, 4) is 5.75 Å². The lowest BCUT2D eigenvalue weighted by Gasteiger charge is -2.14. The molecule has 1 aromatic carbocycles. The predicted octanol–water partition coefficient (Wildman–Crippen LogP) is 3.15. The van der Waals surface area contributed by atoms with E-state index in [2.05, 4.69) is 60.0 Å². The fourth-order valence-corrected chi connectivity index (χ4v) is 2.96. The minimum Gasteiger partial charge on any atom is -0.496 e. The lowest BCUT2D eigenvalue weighted by Crippen LogP contribution is -2.38. The van der Waals surface area contributed by atoms with Crippen molar-refractivity contribution in [2.45, 2.75) is 47.2 Å². The standard InChI is InChI=1S/C21H33N5O/c1-6-22-21(25-14-20-23-11-12-26(20)15-16(2)3)24-10-9-18-13-17(4)7-8-19(18)27-5/h7-8,11-13,16H,6,9-10,14-15H2,1-5H3,(H2,22,24,25). The number of hydrogen-bond donors (Lipinski definition) is 2. The van der Waals surface area contributed by atoms with Crippen LogP contribution in [-0.2, 0) is 19.5 Å². The molecule has 27 heavy (non-hydrogen) atoms. The number of nitrogens with zero attached hydrogens (tertiary/aromatic N) is 3. The monoisotopic (exact) mass is 371 g/mol. The maximum atomic E-state index is 5.46. The SMILES string of the molecule is CCNC(=NCc1nccn1CC(C)C)NCCc1cc(C)ccc1OC. The van der Waals surface area contributed by atoms with E-state index in [1.165, 1.54) is 11.1 Å². The van der Waals surface area contributed by atoms with E-state index in [-0.39, 0.29) is 0 Å². The number of imidazole rings is 1. The zero-order valence-electron chi connectivity index (χ0n) is 17.2. The number of ether oxygens (including phenoxy) is 1. The van der Waals surface area contributed by atoms with Crippen molar-refractivity contribution in [2.75, 3.05) is 20.2 Å². The summed E-state index contributed by atoms with van der Waals surface area (Å²) in [4.78, 5) is 9.14. The van der Waals surface area contributed by atoms with Crippen molar-refractivity contribution < 1.29 is 4.74 Å². The number of guanidine groups is 1. The Hall–Kier alpha value is -2.50. The summed E-state index contributed by atoms with van der Waals surface area (Å²) in [5.74, 6) is 3.31. The quantitative estimate of drug-likeness (QED) is 0.525. The second kappa shape index (κ2) is 10.6. The smallest absolute Gasteiger partial charge is 0.191 e. The van der Waals surface area contributed by atoms with Crippen LogP contribution in [0.25, 0.3) is 0 Å². The van der Waals surface area contributed by atoms with Gasteiger partial charge in [-0.05, 0) is 37.8 Å². The lowest BCUT2D eigenvalue weighted by atomic mass is 10.1. The summed E-state index contributed by atoms with van der Waals surface area (Å²) in [6.45, 7) is 11.7. The molecule has 0 fully saturated rings. The van der Waals surface area contributed by atoms with Crippen molar-refractivity contribution in [2.24, 2.45) is 10.9 Å². The van der Waals surface area contributed by atoms with Crippen LogP contribution in [0.4, 0.5) is 0 Å². The Bertz CT molecular complexity index is 736. The van der Waals surface area contributed by atoms with Gasteiger partial charge < -0.3 is 19.9 Å². The molecule has 0 unspecified atom stereocenters. The van der Waals surface area contributed by atoms with Crippen LogP contribution in [0.15, 0.2) is 35.6 Å². The second-order valence-corrected chi connectivity index (χ2v) is 7.08. The van der Waals surface area contributed by atoms with Crippen LogP contribution >= 0.6 is 0 Å². The number of aromatic nitrogens is 2. The highest BCUT2D eigenvalue weighted by molar-refractivity contribution is 5.79. The van der Waals surface area contributed by atoms with Gasteiger partial charge in [0, 0.05) is 32.0 Å². The van der Waals surface area contributed by atoms with Gasteiger partial charge in [0.2, 0.25) is 0 Å². The van der Waals surface area contributed by atoms with Gasteiger partial charge in [-0.2, -0.15) is 0 Å². The van der Waals surface area contributed by atoms with E-state index in [0.29, 0.717) is 12.5 Å². The second-order valence-electron chi connectivity index (χ2n) is 7.08. The minimum atomic E-state index is 0.558. The fourth-order valence-electron chi connectivity index (χ4n) is 2.96. The molecule has 0 aliphatic rings. The highest BCUT2D eigenvalue weighted by Gasteiger charge is 2.06. The third-order valence-electron chi connectivity index (χ3n) is 4.21. The summed E-state index contributed by atoms with van der Waals surface area (Å²) in [5.41, 5.74) is 2.44. The first kappa shape index (κ1) is 20.8. The van der Waals surface area contributed by atoms with Crippen LogP contribution < -0.4 is 15.4 Å². The van der Waals surface area contributed by atoms with E-state index in [9.17, 15) is 0 Å². The van der Waals surface area contributed by atoms with Crippen LogP contribution in [0.1, 0.15) is 37.7 Å². The molecule has 6 heteroatoms. The van der Waals surface area contributed by atoms with Crippen LogP contribution in [0.2, 0.25) is 0 Å². The van der Waals surface area contributed by atoms with E-state index in [0.717, 1.165) is 43.6 Å². The molecule has 1 aromatic heterocycles. The summed E-state index contributed by atoms with van der Waals surface area (Å²) >= 11 is 0. The number of hydrogen-bond acceptors (Lipinski definition) is 3. The van der Waals surface area contributed by atoms with Crippen LogP contribution in [0.3, 0.4) is 0 Å². The Morgan fingerprint density at radius 3 is 2.81 bits per heavy atom. The molecule has 0 atom stereocenters. The Balaban J connectivity index is 1.96.